The molecule has 1 heterocycles. The zero-order valence-corrected chi connectivity index (χ0v) is 18.0. The third-order valence-corrected chi connectivity index (χ3v) is 5.49. The first-order valence-corrected chi connectivity index (χ1v) is 9.88. The second-order valence-electron chi connectivity index (χ2n) is 5.32. The van der Waals surface area contributed by atoms with Crippen LogP contribution in [0.5, 0.6) is 0 Å². The Labute approximate surface area is 162 Å². The molecule has 0 amide bonds. The molecular weight excluding hydrogens is 443 g/mol. The fraction of sp³-hybridized carbons (Fsp3) is 0.733. The molecule has 0 atom stereocenters. The topological polar surface area (TPSA) is 96.6 Å². The van der Waals surface area contributed by atoms with Crippen molar-refractivity contribution in [2.24, 2.45) is 4.99 Å². The summed E-state index contributed by atoms with van der Waals surface area (Å²) in [5.74, 6) is 1.93. The molecule has 0 saturated heterocycles. The Morgan fingerprint density at radius 3 is 2.50 bits per heavy atom. The van der Waals surface area contributed by atoms with Gasteiger partial charge in [-0.2, -0.15) is 0 Å². The maximum atomic E-state index is 11.4. The zero-order chi connectivity index (χ0) is 17.3. The minimum atomic E-state index is -2.98. The summed E-state index contributed by atoms with van der Waals surface area (Å²) in [6.45, 7) is 6.69. The van der Waals surface area contributed by atoms with Crippen molar-refractivity contribution in [3.63, 3.8) is 0 Å². The van der Waals surface area contributed by atoms with Crippen molar-refractivity contribution in [1.29, 1.82) is 0 Å². The van der Waals surface area contributed by atoms with E-state index in [0.29, 0.717) is 25.0 Å². The molecule has 0 spiro atoms. The van der Waals surface area contributed by atoms with Gasteiger partial charge < -0.3 is 15.2 Å². The highest BCUT2D eigenvalue weighted by molar-refractivity contribution is 14.0. The van der Waals surface area contributed by atoms with Crippen LogP contribution < -0.4 is 10.6 Å². The zero-order valence-electron chi connectivity index (χ0n) is 14.8. The highest BCUT2D eigenvalue weighted by Gasteiger charge is 2.13. The van der Waals surface area contributed by atoms with Crippen LogP contribution in [0.15, 0.2) is 15.6 Å². The van der Waals surface area contributed by atoms with Crippen molar-refractivity contribution in [3.8, 4) is 0 Å². The van der Waals surface area contributed by atoms with E-state index in [1.54, 1.807) is 14.0 Å². The number of hydrogen-bond donors (Lipinski definition) is 2. The summed E-state index contributed by atoms with van der Waals surface area (Å²) >= 11 is 0. The van der Waals surface area contributed by atoms with E-state index in [4.69, 9.17) is 4.52 Å². The van der Waals surface area contributed by atoms with E-state index in [9.17, 15) is 8.42 Å². The minimum Gasteiger partial charge on any atom is -0.359 e. The Morgan fingerprint density at radius 2 is 1.96 bits per heavy atom. The van der Waals surface area contributed by atoms with Crippen molar-refractivity contribution in [3.05, 3.63) is 17.5 Å². The predicted octanol–water partition coefficient (Wildman–Crippen LogP) is 2.30. The first kappa shape index (κ1) is 23.2. The molecule has 0 unspecified atom stereocenters. The number of aliphatic imine (C=N–C) groups is 1. The molecule has 0 radical (unpaired) electrons. The first-order chi connectivity index (χ1) is 11.0. The molecule has 0 saturated carbocycles. The maximum absolute atomic E-state index is 11.4. The van der Waals surface area contributed by atoms with Gasteiger partial charge in [0.05, 0.1) is 18.0 Å². The summed E-state index contributed by atoms with van der Waals surface area (Å²) in [5.41, 5.74) is 0.976. The molecule has 0 aliphatic rings. The first-order valence-electron chi connectivity index (χ1n) is 8.06. The van der Waals surface area contributed by atoms with E-state index in [2.05, 4.69) is 34.6 Å². The Bertz CT molecular complexity index is 598. The van der Waals surface area contributed by atoms with Gasteiger partial charge in [0.2, 0.25) is 0 Å². The number of nitrogens with zero attached hydrogens (tertiary/aromatic N) is 2. The van der Waals surface area contributed by atoms with Crippen LogP contribution in [0, 0.1) is 0 Å². The molecule has 7 nitrogen and oxygen atoms in total. The molecule has 0 fully saturated rings. The van der Waals surface area contributed by atoms with Crippen molar-refractivity contribution in [1.82, 2.24) is 15.8 Å². The molecule has 0 aromatic carbocycles. The third kappa shape index (κ3) is 7.82. The summed E-state index contributed by atoms with van der Waals surface area (Å²) < 4.78 is 28.2. The van der Waals surface area contributed by atoms with Gasteiger partial charge >= 0.3 is 0 Å². The van der Waals surface area contributed by atoms with Crippen molar-refractivity contribution >= 4 is 39.8 Å². The number of rotatable bonds is 9. The fourth-order valence-corrected chi connectivity index (χ4v) is 2.87. The van der Waals surface area contributed by atoms with E-state index in [1.165, 1.54) is 0 Å². The van der Waals surface area contributed by atoms with Gasteiger partial charge in [0.25, 0.3) is 0 Å². The van der Waals surface area contributed by atoms with Gasteiger partial charge in [-0.05, 0) is 12.8 Å². The van der Waals surface area contributed by atoms with E-state index in [1.807, 2.05) is 6.07 Å². The Balaban J connectivity index is 0.00000529. The van der Waals surface area contributed by atoms with Gasteiger partial charge in [-0.25, -0.2) is 8.42 Å². The van der Waals surface area contributed by atoms with Crippen LogP contribution in [0.3, 0.4) is 0 Å². The Kier molecular flexibility index (Phi) is 11.3. The van der Waals surface area contributed by atoms with E-state index in [-0.39, 0.29) is 35.5 Å². The van der Waals surface area contributed by atoms with Gasteiger partial charge in [0, 0.05) is 31.3 Å². The summed E-state index contributed by atoms with van der Waals surface area (Å²) in [7, 11) is -1.34. The second kappa shape index (κ2) is 11.7. The molecule has 140 valence electrons. The predicted molar refractivity (Wildman–Crippen MR) is 108 cm³/mol. The van der Waals surface area contributed by atoms with Crippen LogP contribution in [-0.4, -0.2) is 44.6 Å². The van der Waals surface area contributed by atoms with Crippen molar-refractivity contribution in [2.45, 2.75) is 46.1 Å². The molecule has 0 bridgehead atoms. The molecule has 0 aliphatic carbocycles. The lowest BCUT2D eigenvalue weighted by atomic mass is 9.99. The van der Waals surface area contributed by atoms with Crippen molar-refractivity contribution in [2.75, 3.05) is 25.1 Å². The smallest absolute Gasteiger partial charge is 0.191 e. The van der Waals surface area contributed by atoms with Gasteiger partial charge in [0.15, 0.2) is 21.6 Å². The molecule has 1 rings (SSSR count). The van der Waals surface area contributed by atoms with Crippen LogP contribution in [0.4, 0.5) is 0 Å². The van der Waals surface area contributed by atoms with Gasteiger partial charge in [0.1, 0.15) is 0 Å². The highest BCUT2D eigenvalue weighted by Crippen LogP contribution is 2.22. The number of halogens is 1. The van der Waals surface area contributed by atoms with Gasteiger partial charge in [-0.15, -0.1) is 24.0 Å². The highest BCUT2D eigenvalue weighted by atomic mass is 127. The largest absolute Gasteiger partial charge is 0.359 e. The number of sulfone groups is 1. The lowest BCUT2D eigenvalue weighted by molar-refractivity contribution is 0.368. The van der Waals surface area contributed by atoms with E-state index >= 15 is 0 Å². The minimum absolute atomic E-state index is 0. The summed E-state index contributed by atoms with van der Waals surface area (Å²) in [6.07, 6.45) is 2.07. The average Bonchev–Trinajstić information content (AvgIpc) is 3.00. The van der Waals surface area contributed by atoms with Crippen LogP contribution in [0.25, 0.3) is 0 Å². The van der Waals surface area contributed by atoms with Crippen molar-refractivity contribution < 1.29 is 12.9 Å². The maximum Gasteiger partial charge on any atom is 0.191 e. The summed E-state index contributed by atoms with van der Waals surface area (Å²) in [4.78, 5) is 4.06. The number of nitrogens with one attached hydrogen (secondary N) is 2. The summed E-state index contributed by atoms with van der Waals surface area (Å²) in [6, 6.07) is 1.96. The molecule has 0 aliphatic heterocycles. The third-order valence-electron chi connectivity index (χ3n) is 3.78. The Morgan fingerprint density at radius 1 is 1.29 bits per heavy atom. The van der Waals surface area contributed by atoms with Crippen LogP contribution in [-0.2, 0) is 16.4 Å². The Hall–Kier alpha value is -0.840. The molecular formula is C15H29IN4O3S. The quantitative estimate of drug-likeness (QED) is 0.325. The normalized spacial score (nSPS) is 12.1. The van der Waals surface area contributed by atoms with E-state index < -0.39 is 9.84 Å². The number of guanidine groups is 1. The lowest BCUT2D eigenvalue weighted by Gasteiger charge is -2.10. The standard InChI is InChI=1S/C15H28N4O3S.HI/c1-5-12(6-2)14-10-13(22-19-14)11-18-15(16-4)17-8-9-23(20,21)7-3;/h10,12H,5-9,11H2,1-4H3,(H2,16,17,18);1H. The molecule has 24 heavy (non-hydrogen) atoms. The van der Waals surface area contributed by atoms with Crippen LogP contribution in [0.1, 0.15) is 51.0 Å². The lowest BCUT2D eigenvalue weighted by Crippen LogP contribution is -2.39. The van der Waals surface area contributed by atoms with E-state index in [0.717, 1.165) is 24.3 Å². The molecule has 2 N–H and O–H groups in total. The summed E-state index contributed by atoms with van der Waals surface area (Å²) in [5, 5.41) is 10.2. The SMILES string of the molecule is CCC(CC)c1cc(CNC(=NC)NCCS(=O)(=O)CC)on1.I. The number of hydrogen-bond acceptors (Lipinski definition) is 5. The fourth-order valence-electron chi connectivity index (χ4n) is 2.17. The second-order valence-corrected chi connectivity index (χ2v) is 7.79. The molecule has 1 aromatic heterocycles. The average molecular weight is 472 g/mol. The van der Waals surface area contributed by atoms with Crippen LogP contribution >= 0.6 is 24.0 Å². The molecule has 9 heteroatoms. The molecule has 1 aromatic rings. The van der Waals surface area contributed by atoms with Gasteiger partial charge in [-0.3, -0.25) is 4.99 Å². The van der Waals surface area contributed by atoms with Crippen LogP contribution in [0.2, 0.25) is 0 Å². The number of aromatic nitrogens is 1. The monoisotopic (exact) mass is 472 g/mol. The van der Waals surface area contributed by atoms with Gasteiger partial charge in [-0.1, -0.05) is 25.9 Å².